The monoisotopic (exact) mass is 774 g/mol. The molecule has 0 radical (unpaired) electrons. The molecule has 12 nitrogen and oxygen atoms in total. The van der Waals surface area contributed by atoms with E-state index in [0.29, 0.717) is 11.1 Å². The van der Waals surface area contributed by atoms with E-state index in [-0.39, 0.29) is 32.0 Å². The first kappa shape index (κ1) is 39.5. The summed E-state index contributed by atoms with van der Waals surface area (Å²) in [6, 6.07) is 44.2. The number of hydrogen-bond donors (Lipinski definition) is 1. The van der Waals surface area contributed by atoms with Gasteiger partial charge in [-0.05, 0) is 47.5 Å². The van der Waals surface area contributed by atoms with Gasteiger partial charge in [-0.15, -0.1) is 0 Å². The van der Waals surface area contributed by atoms with Gasteiger partial charge in [0.05, 0.1) is 29.9 Å². The summed E-state index contributed by atoms with van der Waals surface area (Å²) in [5.74, 6) is -1.93. The number of aliphatic hydroxyl groups excluding tert-OH is 1. The molecule has 0 aliphatic carbocycles. The molecule has 57 heavy (non-hydrogen) atoms. The molecular formula is C45H42O12. The first-order valence-electron chi connectivity index (χ1n) is 18.6. The van der Waals surface area contributed by atoms with E-state index in [9.17, 15) is 19.5 Å². The fourth-order valence-electron chi connectivity index (χ4n) is 6.53. The second-order valence-electron chi connectivity index (χ2n) is 13.4. The first-order chi connectivity index (χ1) is 27.9. The minimum Gasteiger partial charge on any atom is -0.459 e. The van der Waals surface area contributed by atoms with Crippen LogP contribution in [0.2, 0.25) is 0 Å². The summed E-state index contributed by atoms with van der Waals surface area (Å²) >= 11 is 0. The molecule has 2 aliphatic heterocycles. The lowest BCUT2D eigenvalue weighted by atomic mass is 10.1. The fourth-order valence-corrected chi connectivity index (χ4v) is 6.53. The van der Waals surface area contributed by atoms with Crippen molar-refractivity contribution < 1.29 is 57.4 Å². The molecule has 5 aromatic rings. The van der Waals surface area contributed by atoms with Crippen molar-refractivity contribution in [2.45, 2.75) is 62.4 Å². The number of carbonyl (C=O) groups excluding carboxylic acids is 3. The summed E-state index contributed by atoms with van der Waals surface area (Å²) in [7, 11) is 0. The van der Waals surface area contributed by atoms with Gasteiger partial charge in [-0.3, -0.25) is 0 Å². The number of carbonyl (C=O) groups is 3. The Balaban J connectivity index is 1.17. The molecular weight excluding hydrogens is 732 g/mol. The zero-order valence-corrected chi connectivity index (χ0v) is 30.8. The van der Waals surface area contributed by atoms with Crippen LogP contribution in [0.1, 0.15) is 42.2 Å². The number of ether oxygens (including phenoxy) is 8. The van der Waals surface area contributed by atoms with Gasteiger partial charge in [0.1, 0.15) is 43.7 Å². The minimum atomic E-state index is -1.67. The van der Waals surface area contributed by atoms with Crippen molar-refractivity contribution in [3.05, 3.63) is 179 Å². The van der Waals surface area contributed by atoms with E-state index in [0.717, 1.165) is 11.1 Å². The topological polar surface area (TPSA) is 145 Å². The minimum absolute atomic E-state index is 0.130. The molecule has 2 saturated heterocycles. The van der Waals surface area contributed by atoms with Gasteiger partial charge in [0.25, 0.3) is 0 Å². The number of aliphatic hydroxyl groups is 1. The highest BCUT2D eigenvalue weighted by molar-refractivity contribution is 5.90. The highest BCUT2D eigenvalue weighted by Gasteiger charge is 2.54. The standard InChI is InChI=1S/C45H42O12/c46-41(32-20-10-3-11-21-32)52-28-35-37(50-26-30-16-6-1-7-17-30)40(51-27-31-18-8-2-9-19-31)45(55-35)57-38-36(29-53-42(47)33-22-12-4-13-23-33)54-44(49)39(38)56-43(48)34-24-14-5-15-25-34/h1-25,35-40,44-45,49H,26-29H2/t35-,36-,37-,38-,39+,40+,44+,45+/m1/s1. The molecule has 7 rings (SSSR count). The molecule has 0 spiro atoms. The third-order valence-electron chi connectivity index (χ3n) is 9.44. The van der Waals surface area contributed by atoms with Gasteiger partial charge in [-0.2, -0.15) is 0 Å². The van der Waals surface area contributed by atoms with Crippen LogP contribution in [0.3, 0.4) is 0 Å². The lowest BCUT2D eigenvalue weighted by Gasteiger charge is -2.29. The molecule has 0 amide bonds. The number of benzene rings is 5. The van der Waals surface area contributed by atoms with Crippen LogP contribution < -0.4 is 0 Å². The van der Waals surface area contributed by atoms with Gasteiger partial charge in [-0.1, -0.05) is 115 Å². The predicted octanol–water partition coefficient (Wildman–Crippen LogP) is 5.92. The number of rotatable bonds is 16. The lowest BCUT2D eigenvalue weighted by Crippen LogP contribution is -2.46. The average molecular weight is 775 g/mol. The molecule has 0 bridgehead atoms. The summed E-state index contributed by atoms with van der Waals surface area (Å²) < 4.78 is 49.2. The van der Waals surface area contributed by atoms with Crippen LogP contribution in [0.5, 0.6) is 0 Å². The van der Waals surface area contributed by atoms with Gasteiger partial charge in [0.2, 0.25) is 0 Å². The second-order valence-corrected chi connectivity index (χ2v) is 13.4. The van der Waals surface area contributed by atoms with E-state index in [1.54, 1.807) is 91.0 Å². The van der Waals surface area contributed by atoms with Gasteiger partial charge in [0, 0.05) is 0 Å². The Kier molecular flexibility index (Phi) is 13.5. The van der Waals surface area contributed by atoms with Crippen LogP contribution in [0.15, 0.2) is 152 Å². The summed E-state index contributed by atoms with van der Waals surface area (Å²) in [5.41, 5.74) is 2.63. The van der Waals surface area contributed by atoms with Crippen LogP contribution in [0.4, 0.5) is 0 Å². The lowest BCUT2D eigenvalue weighted by molar-refractivity contribution is -0.224. The molecule has 0 unspecified atom stereocenters. The SMILES string of the molecule is O=C(OC[C@H]1O[C@@H](O[C@H]2[C@H](OC(=O)c3ccccc3)[C@@H](O)O[C@@H]2COC(=O)c2ccccc2)[C@@H](OCc2ccccc2)[C@@H]1OCc1ccccc1)c1ccccc1. The van der Waals surface area contributed by atoms with Crippen molar-refractivity contribution in [2.24, 2.45) is 0 Å². The van der Waals surface area contributed by atoms with Crippen LogP contribution in [0.25, 0.3) is 0 Å². The maximum Gasteiger partial charge on any atom is 0.338 e. The van der Waals surface area contributed by atoms with E-state index in [1.165, 1.54) is 0 Å². The summed E-state index contributed by atoms with van der Waals surface area (Å²) in [6.45, 7) is -0.308. The third-order valence-corrected chi connectivity index (χ3v) is 9.44. The largest absolute Gasteiger partial charge is 0.459 e. The maximum atomic E-state index is 13.3. The van der Waals surface area contributed by atoms with Gasteiger partial charge in [0.15, 0.2) is 18.7 Å². The number of hydrogen-bond acceptors (Lipinski definition) is 12. The molecule has 8 atom stereocenters. The Hall–Kier alpha value is -5.73. The van der Waals surface area contributed by atoms with Crippen LogP contribution in [-0.2, 0) is 51.1 Å². The van der Waals surface area contributed by atoms with Crippen molar-refractivity contribution in [2.75, 3.05) is 13.2 Å². The Labute approximate surface area is 329 Å². The zero-order valence-electron chi connectivity index (χ0n) is 30.8. The van der Waals surface area contributed by atoms with E-state index in [1.807, 2.05) is 60.7 Å². The van der Waals surface area contributed by atoms with E-state index >= 15 is 0 Å². The molecule has 1 N–H and O–H groups in total. The van der Waals surface area contributed by atoms with Gasteiger partial charge in [-0.25, -0.2) is 14.4 Å². The maximum absolute atomic E-state index is 13.3. The molecule has 0 saturated carbocycles. The van der Waals surface area contributed by atoms with Crippen molar-refractivity contribution >= 4 is 17.9 Å². The van der Waals surface area contributed by atoms with E-state index in [2.05, 4.69) is 0 Å². The summed E-state index contributed by atoms with van der Waals surface area (Å²) in [4.78, 5) is 39.4. The third kappa shape index (κ3) is 10.4. The molecule has 2 fully saturated rings. The van der Waals surface area contributed by atoms with Crippen molar-refractivity contribution in [3.8, 4) is 0 Å². The number of esters is 3. The Bertz CT molecular complexity index is 2020. The molecule has 0 aromatic heterocycles. The highest BCUT2D eigenvalue weighted by atomic mass is 16.8. The Morgan fingerprint density at radius 2 is 0.877 bits per heavy atom. The summed E-state index contributed by atoms with van der Waals surface area (Å²) in [5, 5.41) is 11.2. The molecule has 12 heteroatoms. The average Bonchev–Trinajstić information content (AvgIpc) is 3.75. The zero-order chi connectivity index (χ0) is 39.4. The quantitative estimate of drug-likeness (QED) is 0.0938. The highest BCUT2D eigenvalue weighted by Crippen LogP contribution is 2.35. The van der Waals surface area contributed by atoms with Crippen LogP contribution >= 0.6 is 0 Å². The van der Waals surface area contributed by atoms with Gasteiger partial charge >= 0.3 is 17.9 Å². The molecule has 294 valence electrons. The normalized spacial score (nSPS) is 24.1. The van der Waals surface area contributed by atoms with Crippen LogP contribution in [-0.4, -0.2) is 85.4 Å². The molecule has 2 aliphatic rings. The van der Waals surface area contributed by atoms with E-state index in [4.69, 9.17) is 37.9 Å². The smallest absolute Gasteiger partial charge is 0.338 e. The summed E-state index contributed by atoms with van der Waals surface area (Å²) in [6.07, 6.45) is -9.39. The van der Waals surface area contributed by atoms with E-state index < -0.39 is 67.1 Å². The van der Waals surface area contributed by atoms with Gasteiger partial charge < -0.3 is 43.0 Å². The van der Waals surface area contributed by atoms with Crippen LogP contribution in [0, 0.1) is 0 Å². The predicted molar refractivity (Wildman–Crippen MR) is 204 cm³/mol. The Morgan fingerprint density at radius 1 is 0.474 bits per heavy atom. The molecule has 5 aromatic carbocycles. The molecule has 2 heterocycles. The second kappa shape index (κ2) is 19.4. The fraction of sp³-hybridized carbons (Fsp3) is 0.267. The first-order valence-corrected chi connectivity index (χ1v) is 18.6. The Morgan fingerprint density at radius 3 is 1.35 bits per heavy atom. The van der Waals surface area contributed by atoms with Crippen molar-refractivity contribution in [1.29, 1.82) is 0 Å². The van der Waals surface area contributed by atoms with Crippen molar-refractivity contribution in [3.63, 3.8) is 0 Å². The van der Waals surface area contributed by atoms with Crippen molar-refractivity contribution in [1.82, 2.24) is 0 Å².